The Morgan fingerprint density at radius 1 is 0.688 bits per heavy atom. The molecule has 0 radical (unpaired) electrons. The lowest BCUT2D eigenvalue weighted by atomic mass is 10.2. The van der Waals surface area contributed by atoms with E-state index in [-0.39, 0.29) is 19.1 Å². The number of aryl methyl sites for hydroxylation is 2. The van der Waals surface area contributed by atoms with Crippen LogP contribution in [-0.2, 0) is 20.0 Å². The second-order valence-electron chi connectivity index (χ2n) is 7.02. The number of nitrogens with zero attached hydrogens (tertiary/aromatic N) is 2. The van der Waals surface area contributed by atoms with Crippen LogP contribution in [0.4, 0.5) is 0 Å². The van der Waals surface area contributed by atoms with Crippen LogP contribution in [0.15, 0.2) is 67.9 Å². The summed E-state index contributed by atoms with van der Waals surface area (Å²) >= 11 is 0. The summed E-state index contributed by atoms with van der Waals surface area (Å²) in [5.74, 6) is -0.985. The summed E-state index contributed by atoms with van der Waals surface area (Å²) in [6, 6.07) is 11.2. The molecule has 0 unspecified atom stereocenters. The third-order valence-electron chi connectivity index (χ3n) is 4.54. The van der Waals surface area contributed by atoms with Crippen LogP contribution in [0.1, 0.15) is 16.7 Å². The molecule has 1 heterocycles. The van der Waals surface area contributed by atoms with Crippen molar-refractivity contribution in [2.75, 3.05) is 9.66 Å². The van der Waals surface area contributed by atoms with Crippen molar-refractivity contribution in [1.82, 2.24) is 9.35 Å². The molecular weight excluding hydrogens is 460 g/mol. The Morgan fingerprint density at radius 3 is 1.47 bits per heavy atom. The van der Waals surface area contributed by atoms with Gasteiger partial charge in [-0.25, -0.2) is 14.5 Å². The van der Waals surface area contributed by atoms with Crippen molar-refractivity contribution in [3.63, 3.8) is 0 Å². The van der Waals surface area contributed by atoms with Crippen LogP contribution in [0.3, 0.4) is 0 Å². The Morgan fingerprint density at radius 2 is 1.06 bits per heavy atom. The van der Waals surface area contributed by atoms with E-state index in [0.717, 1.165) is 18.1 Å². The number of nitrogens with one attached hydrogen (secondary N) is 2. The summed E-state index contributed by atoms with van der Waals surface area (Å²) in [6.45, 7) is 4.60. The smallest absolute Gasteiger partial charge is 0.373 e. The first kappa shape index (κ1) is 23.1. The second-order valence-corrected chi connectivity index (χ2v) is 10.3. The Kier molecular flexibility index (Phi) is 5.89. The van der Waals surface area contributed by atoms with Gasteiger partial charge in [0, 0.05) is 0 Å². The van der Waals surface area contributed by atoms with Crippen molar-refractivity contribution >= 4 is 20.0 Å². The highest BCUT2D eigenvalue weighted by Gasteiger charge is 2.24. The third-order valence-corrected chi connectivity index (χ3v) is 7.17. The van der Waals surface area contributed by atoms with Crippen molar-refractivity contribution in [2.45, 2.75) is 30.6 Å². The van der Waals surface area contributed by atoms with Gasteiger partial charge < -0.3 is 5.11 Å². The molecule has 0 aliphatic heterocycles. The van der Waals surface area contributed by atoms with Gasteiger partial charge in [-0.3, -0.25) is 4.79 Å². The lowest BCUT2D eigenvalue weighted by molar-refractivity contribution is 0.413. The number of sulfonamides is 2. The highest BCUT2D eigenvalue weighted by atomic mass is 32.2. The fourth-order valence-electron chi connectivity index (χ4n) is 2.65. The number of hydrogen-bond acceptors (Lipinski definition) is 7. The molecule has 0 amide bonds. The molecule has 0 aliphatic carbocycles. The first-order valence-electron chi connectivity index (χ1n) is 9.10. The van der Waals surface area contributed by atoms with Crippen LogP contribution in [0.5, 0.6) is 5.88 Å². The summed E-state index contributed by atoms with van der Waals surface area (Å²) in [5.41, 5.74) is -1.53. The predicted octanol–water partition coefficient (Wildman–Crippen LogP) is 0.506. The van der Waals surface area contributed by atoms with Gasteiger partial charge in [-0.1, -0.05) is 35.4 Å². The summed E-state index contributed by atoms with van der Waals surface area (Å²) in [4.78, 5) is 28.5. The molecule has 0 saturated heterocycles. The maximum absolute atomic E-state index is 12.8. The van der Waals surface area contributed by atoms with Gasteiger partial charge in [0.15, 0.2) is 0 Å². The maximum Gasteiger partial charge on any atom is 0.373 e. The number of hydrogen-bond donors (Lipinski definition) is 3. The normalized spacial score (nSPS) is 11.8. The van der Waals surface area contributed by atoms with E-state index in [9.17, 15) is 31.5 Å². The van der Waals surface area contributed by atoms with Gasteiger partial charge in [0.25, 0.3) is 25.6 Å². The molecule has 1 aromatic heterocycles. The van der Waals surface area contributed by atoms with Gasteiger partial charge in [-0.15, -0.1) is 0 Å². The van der Waals surface area contributed by atoms with E-state index in [4.69, 9.17) is 0 Å². The summed E-state index contributed by atoms with van der Waals surface area (Å²) < 4.78 is 50.9. The van der Waals surface area contributed by atoms with E-state index in [1.54, 1.807) is 13.8 Å². The Labute approximate surface area is 183 Å². The van der Waals surface area contributed by atoms with E-state index in [1.807, 2.05) is 9.66 Å². The van der Waals surface area contributed by atoms with Crippen LogP contribution in [-0.4, -0.2) is 31.3 Å². The molecule has 0 fully saturated rings. The van der Waals surface area contributed by atoms with Gasteiger partial charge in [0.2, 0.25) is 5.88 Å². The average Bonchev–Trinajstić information content (AvgIpc) is 2.73. The van der Waals surface area contributed by atoms with Crippen molar-refractivity contribution in [3.8, 4) is 5.88 Å². The predicted molar refractivity (Wildman–Crippen MR) is 117 cm³/mol. The van der Waals surface area contributed by atoms with Crippen LogP contribution >= 0.6 is 0 Å². The molecular formula is C19H20N4O7S2. The fraction of sp³-hybridized carbons (Fsp3) is 0.158. The monoisotopic (exact) mass is 480 g/mol. The van der Waals surface area contributed by atoms with Crippen molar-refractivity contribution in [1.29, 1.82) is 0 Å². The molecule has 3 N–H and O–H groups in total. The van der Waals surface area contributed by atoms with Gasteiger partial charge in [0.05, 0.1) is 15.4 Å². The molecule has 0 aliphatic rings. The number of aromatic nitrogens is 2. The number of rotatable bonds is 6. The first-order chi connectivity index (χ1) is 14.8. The van der Waals surface area contributed by atoms with Gasteiger partial charge in [-0.2, -0.15) is 26.2 Å². The number of aromatic hydroxyl groups is 1. The topological polar surface area (TPSA) is 157 Å². The van der Waals surface area contributed by atoms with E-state index in [1.165, 1.54) is 48.5 Å². The van der Waals surface area contributed by atoms with Crippen molar-refractivity contribution in [3.05, 3.63) is 86.1 Å². The van der Waals surface area contributed by atoms with E-state index >= 15 is 0 Å². The Bertz CT molecular complexity index is 1500. The molecule has 11 nitrogen and oxygen atoms in total. The average molecular weight is 481 g/mol. The zero-order valence-corrected chi connectivity index (χ0v) is 18.9. The minimum Gasteiger partial charge on any atom is -0.493 e. The highest BCUT2D eigenvalue weighted by Crippen LogP contribution is 2.14. The molecule has 170 valence electrons. The quantitative estimate of drug-likeness (QED) is 0.464. The molecule has 3 rings (SSSR count). The minimum absolute atomic E-state index is 0.0991. The molecule has 0 atom stereocenters. The van der Waals surface area contributed by atoms with Crippen LogP contribution < -0.4 is 20.9 Å². The molecule has 2 aromatic carbocycles. The van der Waals surface area contributed by atoms with Gasteiger partial charge in [-0.05, 0) is 45.0 Å². The highest BCUT2D eigenvalue weighted by molar-refractivity contribution is 7.92. The van der Waals surface area contributed by atoms with Crippen LogP contribution in [0, 0.1) is 20.8 Å². The molecule has 13 heteroatoms. The van der Waals surface area contributed by atoms with Crippen molar-refractivity contribution < 1.29 is 21.9 Å². The zero-order chi connectivity index (χ0) is 23.8. The maximum atomic E-state index is 12.8. The van der Waals surface area contributed by atoms with Crippen LogP contribution in [0.2, 0.25) is 0 Å². The molecule has 32 heavy (non-hydrogen) atoms. The number of benzene rings is 2. The SMILES string of the molecule is Cc1ccc(S(=O)(=O)Nn2c(O)c(C)c(=O)n(NS(=O)(=O)c3ccc(C)cc3)c2=O)cc1. The summed E-state index contributed by atoms with van der Waals surface area (Å²) in [6.07, 6.45) is 0. The van der Waals surface area contributed by atoms with E-state index < -0.39 is 42.7 Å². The lowest BCUT2D eigenvalue weighted by Gasteiger charge is -2.16. The molecule has 0 saturated carbocycles. The van der Waals surface area contributed by atoms with Gasteiger partial charge in [0.1, 0.15) is 0 Å². The molecule has 3 aromatic rings. The van der Waals surface area contributed by atoms with E-state index in [0.29, 0.717) is 0 Å². The largest absolute Gasteiger partial charge is 0.493 e. The fourth-order valence-corrected chi connectivity index (χ4v) is 4.66. The Hall–Kier alpha value is -3.58. The molecule has 0 spiro atoms. The zero-order valence-electron chi connectivity index (χ0n) is 17.2. The second kappa shape index (κ2) is 8.16. The summed E-state index contributed by atoms with van der Waals surface area (Å²) in [5, 5.41) is 10.2. The summed E-state index contributed by atoms with van der Waals surface area (Å²) in [7, 11) is -8.74. The Balaban J connectivity index is 2.10. The first-order valence-corrected chi connectivity index (χ1v) is 12.1. The van der Waals surface area contributed by atoms with E-state index in [2.05, 4.69) is 0 Å². The standard InChI is InChI=1S/C19H20N4O7S2/c1-12-4-8-15(9-5-12)31(27,28)20-22-17(24)14(3)18(25)23(19(22)26)21-32(29,30)16-10-6-13(2)7-11-16/h4-11,20-21,24H,1-3H3. The lowest BCUT2D eigenvalue weighted by Crippen LogP contribution is -2.50. The third kappa shape index (κ3) is 4.38. The van der Waals surface area contributed by atoms with Gasteiger partial charge >= 0.3 is 5.69 Å². The molecule has 0 bridgehead atoms. The van der Waals surface area contributed by atoms with Crippen molar-refractivity contribution in [2.24, 2.45) is 0 Å². The minimum atomic E-state index is -4.38. The van der Waals surface area contributed by atoms with Crippen LogP contribution in [0.25, 0.3) is 0 Å².